The van der Waals surface area contributed by atoms with Crippen LogP contribution in [0.3, 0.4) is 0 Å². The van der Waals surface area contributed by atoms with E-state index in [2.05, 4.69) is 60.3 Å². The quantitative estimate of drug-likeness (QED) is 0.412. The minimum absolute atomic E-state index is 0.00292. The molecule has 1 fully saturated rings. The number of ether oxygens (including phenoxy) is 1. The molecule has 1 N–H and O–H groups in total. The second-order valence-electron chi connectivity index (χ2n) is 10.8. The molecule has 2 aromatic heterocycles. The first-order chi connectivity index (χ1) is 18.2. The first-order valence-corrected chi connectivity index (χ1v) is 13.2. The summed E-state index contributed by atoms with van der Waals surface area (Å²) in [7, 11) is 0. The summed E-state index contributed by atoms with van der Waals surface area (Å²) in [6.07, 6.45) is 1.43. The maximum atomic E-state index is 13.0. The summed E-state index contributed by atoms with van der Waals surface area (Å²) >= 11 is 0. The number of hydrogen-bond acceptors (Lipinski definition) is 6. The molecular weight excluding hydrogens is 480 g/mol. The van der Waals surface area contributed by atoms with Crippen LogP contribution in [0.2, 0.25) is 0 Å². The molecule has 3 heterocycles. The lowest BCUT2D eigenvalue weighted by atomic mass is 9.87. The second-order valence-corrected chi connectivity index (χ2v) is 10.8. The van der Waals surface area contributed by atoms with Crippen molar-refractivity contribution in [2.24, 2.45) is 0 Å². The predicted octanol–water partition coefficient (Wildman–Crippen LogP) is 4.28. The summed E-state index contributed by atoms with van der Waals surface area (Å²) in [6.45, 7) is 10.7. The summed E-state index contributed by atoms with van der Waals surface area (Å²) in [5, 5.41) is 8.31. The van der Waals surface area contributed by atoms with Crippen LogP contribution in [-0.2, 0) is 12.0 Å². The lowest BCUT2D eigenvalue weighted by Crippen LogP contribution is -2.38. The number of aromatic amines is 1. The van der Waals surface area contributed by atoms with Crippen LogP contribution in [0.5, 0.6) is 5.75 Å². The van der Waals surface area contributed by atoms with E-state index >= 15 is 0 Å². The Balaban J connectivity index is 1.29. The third kappa shape index (κ3) is 5.32. The van der Waals surface area contributed by atoms with Crippen LogP contribution in [0.25, 0.3) is 11.2 Å². The van der Waals surface area contributed by atoms with E-state index in [-0.39, 0.29) is 28.3 Å². The summed E-state index contributed by atoms with van der Waals surface area (Å²) in [5.41, 5.74) is 3.48. The predicted molar refractivity (Wildman–Crippen MR) is 146 cm³/mol. The molecular formula is C29H34N6O3. The minimum Gasteiger partial charge on any atom is -0.494 e. The van der Waals surface area contributed by atoms with Gasteiger partial charge >= 0.3 is 0 Å². The van der Waals surface area contributed by atoms with Gasteiger partial charge in [0, 0.05) is 24.6 Å². The lowest BCUT2D eigenvalue weighted by Gasteiger charge is -2.31. The van der Waals surface area contributed by atoms with Gasteiger partial charge in [0.2, 0.25) is 0 Å². The van der Waals surface area contributed by atoms with E-state index in [1.165, 1.54) is 5.56 Å². The fourth-order valence-electron chi connectivity index (χ4n) is 4.87. The molecule has 1 aliphatic rings. The van der Waals surface area contributed by atoms with Crippen LogP contribution in [0.1, 0.15) is 73.8 Å². The van der Waals surface area contributed by atoms with Gasteiger partial charge in [0.15, 0.2) is 11.2 Å². The topological polar surface area (TPSA) is 106 Å². The van der Waals surface area contributed by atoms with Crippen LogP contribution in [0.4, 0.5) is 0 Å². The second kappa shape index (κ2) is 10.4. The van der Waals surface area contributed by atoms with E-state index in [0.717, 1.165) is 11.3 Å². The molecule has 5 rings (SSSR count). The molecule has 0 radical (unpaired) electrons. The van der Waals surface area contributed by atoms with Gasteiger partial charge in [-0.1, -0.05) is 50.3 Å². The number of H-pyrrole nitrogens is 1. The van der Waals surface area contributed by atoms with Crippen LogP contribution in [0.15, 0.2) is 53.3 Å². The Morgan fingerprint density at radius 2 is 1.74 bits per heavy atom. The molecule has 0 spiro atoms. The van der Waals surface area contributed by atoms with Gasteiger partial charge in [-0.25, -0.2) is 9.67 Å². The molecule has 1 saturated heterocycles. The number of rotatable bonds is 6. The molecule has 4 aromatic rings. The maximum Gasteiger partial charge on any atom is 0.281 e. The molecule has 38 heavy (non-hydrogen) atoms. The van der Waals surface area contributed by atoms with Crippen LogP contribution < -0.4 is 10.3 Å². The number of carbonyl (C=O) groups excluding carboxylic acids is 1. The van der Waals surface area contributed by atoms with Gasteiger partial charge in [-0.05, 0) is 60.6 Å². The van der Waals surface area contributed by atoms with Crippen molar-refractivity contribution in [2.45, 2.75) is 58.4 Å². The zero-order chi connectivity index (χ0) is 26.9. The standard InChI is InChI=1S/C29H34N6O3/c1-5-38-23-12-8-21(9-13-23)28(37)34-16-14-20(15-17-34)25-30-26-24(27(36)31-25)32-33-35(26)18-19-6-10-22(11-7-19)29(2,3)4/h6-13,20H,5,14-18H2,1-4H3,(H,30,31,36). The van der Waals surface area contributed by atoms with Gasteiger partial charge in [0.05, 0.1) is 13.2 Å². The Morgan fingerprint density at radius 1 is 1.05 bits per heavy atom. The molecule has 0 bridgehead atoms. The molecule has 9 nitrogen and oxygen atoms in total. The number of fused-ring (bicyclic) bond motifs is 1. The zero-order valence-electron chi connectivity index (χ0n) is 22.4. The van der Waals surface area contributed by atoms with E-state index in [4.69, 9.17) is 9.72 Å². The summed E-state index contributed by atoms with van der Waals surface area (Å²) in [4.78, 5) is 35.4. The maximum absolute atomic E-state index is 13.0. The third-order valence-corrected chi connectivity index (χ3v) is 7.13. The van der Waals surface area contributed by atoms with E-state index < -0.39 is 0 Å². The van der Waals surface area contributed by atoms with Gasteiger partial charge in [0.25, 0.3) is 11.5 Å². The van der Waals surface area contributed by atoms with Crippen molar-refractivity contribution in [3.8, 4) is 5.75 Å². The Labute approximate surface area is 221 Å². The fourth-order valence-corrected chi connectivity index (χ4v) is 4.87. The fraction of sp³-hybridized carbons (Fsp3) is 0.414. The lowest BCUT2D eigenvalue weighted by molar-refractivity contribution is 0.0711. The summed E-state index contributed by atoms with van der Waals surface area (Å²) in [6, 6.07) is 15.7. The van der Waals surface area contributed by atoms with Crippen LogP contribution in [-0.4, -0.2) is 55.5 Å². The van der Waals surface area contributed by atoms with Crippen molar-refractivity contribution in [3.05, 3.63) is 81.4 Å². The molecule has 0 aliphatic carbocycles. The number of nitrogens with one attached hydrogen (secondary N) is 1. The zero-order valence-corrected chi connectivity index (χ0v) is 22.4. The Bertz CT molecular complexity index is 1470. The molecule has 0 saturated carbocycles. The first kappa shape index (κ1) is 25.6. The van der Waals surface area contributed by atoms with Crippen molar-refractivity contribution in [1.29, 1.82) is 0 Å². The average Bonchev–Trinajstić information content (AvgIpc) is 3.32. The number of hydrogen-bond donors (Lipinski definition) is 1. The first-order valence-electron chi connectivity index (χ1n) is 13.2. The highest BCUT2D eigenvalue weighted by atomic mass is 16.5. The number of likely N-dealkylation sites (tertiary alicyclic amines) is 1. The van der Waals surface area contributed by atoms with E-state index in [9.17, 15) is 9.59 Å². The number of benzene rings is 2. The number of nitrogens with zero attached hydrogens (tertiary/aromatic N) is 5. The van der Waals surface area contributed by atoms with Crippen LogP contribution >= 0.6 is 0 Å². The minimum atomic E-state index is -0.285. The van der Waals surface area contributed by atoms with Gasteiger partial charge in [-0.3, -0.25) is 9.59 Å². The van der Waals surface area contributed by atoms with Crippen molar-refractivity contribution in [2.75, 3.05) is 19.7 Å². The highest BCUT2D eigenvalue weighted by Crippen LogP contribution is 2.27. The van der Waals surface area contributed by atoms with Gasteiger partial charge < -0.3 is 14.6 Å². The molecule has 198 valence electrons. The van der Waals surface area contributed by atoms with E-state index in [0.29, 0.717) is 56.1 Å². The molecule has 2 aromatic carbocycles. The largest absolute Gasteiger partial charge is 0.494 e. The van der Waals surface area contributed by atoms with Crippen molar-refractivity contribution < 1.29 is 9.53 Å². The Kier molecular flexibility index (Phi) is 7.01. The summed E-state index contributed by atoms with van der Waals surface area (Å²) in [5.74, 6) is 1.43. The number of piperidine rings is 1. The van der Waals surface area contributed by atoms with Gasteiger partial charge in [0.1, 0.15) is 11.6 Å². The number of amides is 1. The SMILES string of the molecule is CCOc1ccc(C(=O)N2CCC(c3nc4c(nnn4Cc4ccc(C(C)(C)C)cc4)c(=O)[nH]3)CC2)cc1. The molecule has 1 amide bonds. The molecule has 0 unspecified atom stereocenters. The normalized spacial score (nSPS) is 14.7. The smallest absolute Gasteiger partial charge is 0.281 e. The number of aromatic nitrogens is 5. The van der Waals surface area contributed by atoms with E-state index in [1.54, 1.807) is 16.8 Å². The van der Waals surface area contributed by atoms with Crippen molar-refractivity contribution in [3.63, 3.8) is 0 Å². The molecule has 0 atom stereocenters. The van der Waals surface area contributed by atoms with Gasteiger partial charge in [-0.2, -0.15) is 0 Å². The van der Waals surface area contributed by atoms with Crippen LogP contribution in [0, 0.1) is 0 Å². The molecule has 9 heteroatoms. The molecule has 1 aliphatic heterocycles. The average molecular weight is 515 g/mol. The monoisotopic (exact) mass is 514 g/mol. The van der Waals surface area contributed by atoms with Crippen molar-refractivity contribution >= 4 is 17.1 Å². The highest BCUT2D eigenvalue weighted by Gasteiger charge is 2.27. The highest BCUT2D eigenvalue weighted by molar-refractivity contribution is 5.94. The summed E-state index contributed by atoms with van der Waals surface area (Å²) < 4.78 is 7.16. The van der Waals surface area contributed by atoms with Gasteiger partial charge in [-0.15, -0.1) is 5.10 Å². The van der Waals surface area contributed by atoms with E-state index in [1.807, 2.05) is 24.0 Å². The Morgan fingerprint density at radius 3 is 2.37 bits per heavy atom. The number of carbonyl (C=O) groups is 1. The van der Waals surface area contributed by atoms with Crippen molar-refractivity contribution in [1.82, 2.24) is 29.9 Å². The third-order valence-electron chi connectivity index (χ3n) is 7.13. The Hall–Kier alpha value is -4.01.